The molecule has 15 heteroatoms. The lowest BCUT2D eigenvalue weighted by Gasteiger charge is -2.34. The van der Waals surface area contributed by atoms with E-state index < -0.39 is 12.1 Å². The summed E-state index contributed by atoms with van der Waals surface area (Å²) in [4.78, 5) is 54.3. The Kier molecular flexibility index (Phi) is 10.5. The maximum atomic E-state index is 12.9. The van der Waals surface area contributed by atoms with E-state index in [1.165, 1.54) is 6.26 Å². The van der Waals surface area contributed by atoms with Crippen molar-refractivity contribution in [3.63, 3.8) is 0 Å². The summed E-state index contributed by atoms with van der Waals surface area (Å²) in [6.07, 6.45) is -0.484. The van der Waals surface area contributed by atoms with Crippen LogP contribution in [0, 0.1) is 0 Å². The molecule has 1 saturated carbocycles. The maximum absolute atomic E-state index is 12.9. The third kappa shape index (κ3) is 10.0. The summed E-state index contributed by atoms with van der Waals surface area (Å²) >= 11 is 0. The smallest absolute Gasteiger partial charge is 0.475 e. The van der Waals surface area contributed by atoms with Gasteiger partial charge in [-0.2, -0.15) is 13.2 Å². The zero-order valence-corrected chi connectivity index (χ0v) is 23.6. The number of anilines is 1. The number of alkyl halides is 3. The van der Waals surface area contributed by atoms with E-state index in [-0.39, 0.29) is 35.1 Å². The molecule has 230 valence electrons. The molecule has 4 amide bonds. The Labute approximate surface area is 240 Å². The van der Waals surface area contributed by atoms with Crippen LogP contribution in [0.25, 0.3) is 0 Å². The molecule has 2 aromatic rings. The van der Waals surface area contributed by atoms with Crippen molar-refractivity contribution in [1.82, 2.24) is 25.4 Å². The topological polar surface area (TPSA) is 157 Å². The second-order valence-corrected chi connectivity index (χ2v) is 11.0. The highest BCUT2D eigenvalue weighted by molar-refractivity contribution is 5.95. The molecule has 4 N–H and O–H groups in total. The highest BCUT2D eigenvalue weighted by Crippen LogP contribution is 2.19. The van der Waals surface area contributed by atoms with E-state index in [1.807, 2.05) is 25.7 Å². The van der Waals surface area contributed by atoms with Gasteiger partial charge in [-0.15, -0.1) is 0 Å². The summed E-state index contributed by atoms with van der Waals surface area (Å²) in [6.45, 7) is 8.74. The van der Waals surface area contributed by atoms with E-state index in [9.17, 15) is 27.6 Å². The lowest BCUT2D eigenvalue weighted by atomic mass is 9.93. The highest BCUT2D eigenvalue weighted by Gasteiger charge is 2.38. The minimum atomic E-state index is -5.08. The van der Waals surface area contributed by atoms with Gasteiger partial charge in [-0.1, -0.05) is 0 Å². The van der Waals surface area contributed by atoms with Gasteiger partial charge in [-0.05, 0) is 64.3 Å². The van der Waals surface area contributed by atoms with Crippen molar-refractivity contribution < 1.29 is 41.9 Å². The second kappa shape index (κ2) is 13.7. The highest BCUT2D eigenvalue weighted by atomic mass is 19.4. The number of amides is 4. The summed E-state index contributed by atoms with van der Waals surface area (Å²) in [5, 5.41) is 15.7. The third-order valence-electron chi connectivity index (χ3n) is 6.36. The molecule has 2 fully saturated rings. The molecule has 12 nitrogen and oxygen atoms in total. The molecule has 4 rings (SSSR count). The van der Waals surface area contributed by atoms with Gasteiger partial charge in [0.15, 0.2) is 5.69 Å². The van der Waals surface area contributed by atoms with Gasteiger partial charge in [0.1, 0.15) is 6.26 Å². The van der Waals surface area contributed by atoms with Crippen molar-refractivity contribution in [2.75, 3.05) is 31.5 Å². The molecule has 42 heavy (non-hydrogen) atoms. The molecule has 0 bridgehead atoms. The number of hydrogen-bond donors (Lipinski definition) is 4. The van der Waals surface area contributed by atoms with E-state index in [1.54, 1.807) is 24.3 Å². The van der Waals surface area contributed by atoms with E-state index in [0.29, 0.717) is 49.9 Å². The number of nitrogens with one attached hydrogen (secondary N) is 3. The largest absolute Gasteiger partial charge is 0.490 e. The molecule has 1 aromatic heterocycles. The quantitative estimate of drug-likeness (QED) is 0.395. The number of oxazole rings is 1. The number of aromatic nitrogens is 1. The summed E-state index contributed by atoms with van der Waals surface area (Å²) in [7, 11) is 0. The Hall–Kier alpha value is -4.14. The molecule has 1 saturated heterocycles. The van der Waals surface area contributed by atoms with Gasteiger partial charge in [0.05, 0.1) is 6.54 Å². The van der Waals surface area contributed by atoms with Crippen molar-refractivity contribution in [2.24, 2.45) is 0 Å². The molecule has 1 aliphatic heterocycles. The fraction of sp³-hybridized carbons (Fsp3) is 0.519. The number of carboxylic acid groups (broad SMARTS) is 1. The third-order valence-corrected chi connectivity index (χ3v) is 6.36. The van der Waals surface area contributed by atoms with Crippen molar-refractivity contribution >= 4 is 29.5 Å². The monoisotopic (exact) mass is 596 g/mol. The molecular weight excluding hydrogens is 561 g/mol. The van der Waals surface area contributed by atoms with Crippen LogP contribution in [0.4, 0.5) is 23.7 Å². The van der Waals surface area contributed by atoms with E-state index >= 15 is 0 Å². The van der Waals surface area contributed by atoms with Gasteiger partial charge in [0, 0.05) is 49.0 Å². The first-order chi connectivity index (χ1) is 19.6. The number of piperazine rings is 1. The first kappa shape index (κ1) is 32.4. The zero-order chi connectivity index (χ0) is 31.1. The van der Waals surface area contributed by atoms with Crippen molar-refractivity contribution in [2.45, 2.75) is 64.3 Å². The average molecular weight is 597 g/mol. The number of aliphatic carboxylic acids is 1. The second-order valence-electron chi connectivity index (χ2n) is 11.0. The minimum absolute atomic E-state index is 0.0348. The number of carbonyl (C=O) groups excluding carboxylic acids is 3. The van der Waals surface area contributed by atoms with Gasteiger partial charge in [0.25, 0.3) is 11.8 Å². The molecule has 0 atom stereocenters. The van der Waals surface area contributed by atoms with Gasteiger partial charge < -0.3 is 30.4 Å². The molecule has 0 spiro atoms. The van der Waals surface area contributed by atoms with E-state index in [4.69, 9.17) is 14.3 Å². The van der Waals surface area contributed by atoms with E-state index in [0.717, 1.165) is 19.3 Å². The number of halogens is 3. The van der Waals surface area contributed by atoms with Crippen LogP contribution in [-0.2, 0) is 11.3 Å². The molecular formula is C27H35F3N6O6. The maximum Gasteiger partial charge on any atom is 0.490 e. The van der Waals surface area contributed by atoms with Crippen LogP contribution in [0.2, 0.25) is 0 Å². The van der Waals surface area contributed by atoms with Crippen LogP contribution in [0.15, 0.2) is 34.9 Å². The molecule has 0 unspecified atom stereocenters. The molecule has 1 aromatic carbocycles. The van der Waals surface area contributed by atoms with Crippen molar-refractivity contribution in [3.8, 4) is 0 Å². The van der Waals surface area contributed by atoms with Crippen molar-refractivity contribution in [1.29, 1.82) is 0 Å². The van der Waals surface area contributed by atoms with Gasteiger partial charge in [-0.25, -0.2) is 14.6 Å². The lowest BCUT2D eigenvalue weighted by molar-refractivity contribution is -0.192. The summed E-state index contributed by atoms with van der Waals surface area (Å²) in [5.41, 5.74) is 1.16. The van der Waals surface area contributed by atoms with E-state index in [2.05, 4.69) is 25.8 Å². The Morgan fingerprint density at radius 2 is 1.62 bits per heavy atom. The van der Waals surface area contributed by atoms with Crippen LogP contribution in [-0.4, -0.2) is 87.6 Å². The van der Waals surface area contributed by atoms with Crippen LogP contribution in [0.5, 0.6) is 0 Å². The van der Waals surface area contributed by atoms with Crippen LogP contribution >= 0.6 is 0 Å². The Morgan fingerprint density at radius 1 is 1.02 bits per heavy atom. The SMILES string of the molecule is CC(C)(C)NC(=O)c1coc(CN2CCN(C(=O)c3ccc(NC(=O)NC4CCC4)cc3)CC2)n1.O=C(O)C(F)(F)F. The van der Waals surface area contributed by atoms with Crippen LogP contribution < -0.4 is 16.0 Å². The fourth-order valence-electron chi connectivity index (χ4n) is 3.98. The molecule has 0 radical (unpaired) electrons. The Morgan fingerprint density at radius 3 is 2.12 bits per heavy atom. The zero-order valence-electron chi connectivity index (χ0n) is 23.6. The first-order valence-corrected chi connectivity index (χ1v) is 13.4. The molecule has 2 heterocycles. The number of carboxylic acids is 1. The Balaban J connectivity index is 0.000000616. The minimum Gasteiger partial charge on any atom is -0.475 e. The number of urea groups is 1. The number of rotatable bonds is 6. The number of carbonyl (C=O) groups is 4. The average Bonchev–Trinajstić information content (AvgIpc) is 3.34. The van der Waals surface area contributed by atoms with Gasteiger partial charge in [0.2, 0.25) is 5.89 Å². The number of benzene rings is 1. The molecule has 1 aliphatic carbocycles. The summed E-state index contributed by atoms with van der Waals surface area (Å²) in [5.74, 6) is -2.57. The van der Waals surface area contributed by atoms with Crippen LogP contribution in [0.1, 0.15) is 66.8 Å². The summed E-state index contributed by atoms with van der Waals surface area (Å²) < 4.78 is 37.2. The fourth-order valence-corrected chi connectivity index (χ4v) is 3.98. The standard InChI is InChI=1S/C25H34N6O4.C2HF3O2/c1-25(2,3)29-22(32)20-16-35-21(28-20)15-30-11-13-31(14-12-30)23(33)17-7-9-19(10-8-17)27-24(34)26-18-5-4-6-18;3-2(4,5)1(6)7/h7-10,16,18H,4-6,11-15H2,1-3H3,(H,29,32)(H2,26,27,34);(H,6,7). The number of hydrogen-bond acceptors (Lipinski definition) is 7. The summed E-state index contributed by atoms with van der Waals surface area (Å²) in [6, 6.07) is 7.04. The van der Waals surface area contributed by atoms with Gasteiger partial charge >= 0.3 is 18.2 Å². The van der Waals surface area contributed by atoms with Crippen molar-refractivity contribution in [3.05, 3.63) is 47.7 Å². The van der Waals surface area contributed by atoms with Crippen LogP contribution in [0.3, 0.4) is 0 Å². The lowest BCUT2D eigenvalue weighted by Crippen LogP contribution is -2.48. The predicted octanol–water partition coefficient (Wildman–Crippen LogP) is 3.47. The Bertz CT molecular complexity index is 1250. The molecule has 2 aliphatic rings. The predicted molar refractivity (Wildman–Crippen MR) is 145 cm³/mol. The van der Waals surface area contributed by atoms with Gasteiger partial charge in [-0.3, -0.25) is 14.5 Å². The number of nitrogens with zero attached hydrogens (tertiary/aromatic N) is 3. The first-order valence-electron chi connectivity index (χ1n) is 13.4. The normalized spacial score (nSPS) is 16.0.